The van der Waals surface area contributed by atoms with Gasteiger partial charge in [0.1, 0.15) is 6.04 Å². The number of fused-ring (bicyclic) bond motifs is 1. The van der Waals surface area contributed by atoms with Crippen molar-refractivity contribution in [2.45, 2.75) is 31.4 Å². The van der Waals surface area contributed by atoms with Crippen LogP contribution in [0.1, 0.15) is 17.5 Å². The molecule has 0 saturated carbocycles. The van der Waals surface area contributed by atoms with E-state index < -0.39 is 30.0 Å². The highest BCUT2D eigenvalue weighted by Crippen LogP contribution is 2.26. The van der Waals surface area contributed by atoms with Crippen molar-refractivity contribution in [3.8, 4) is 0 Å². The van der Waals surface area contributed by atoms with Crippen LogP contribution in [0.4, 0.5) is 0 Å². The second kappa shape index (κ2) is 5.78. The van der Waals surface area contributed by atoms with E-state index >= 15 is 0 Å². The lowest BCUT2D eigenvalue weighted by molar-refractivity contribution is -0.160. The Bertz CT molecular complexity index is 724. The lowest BCUT2D eigenvalue weighted by Gasteiger charge is -2.25. The second-order valence-corrected chi connectivity index (χ2v) is 5.53. The van der Waals surface area contributed by atoms with E-state index in [0.29, 0.717) is 5.56 Å². The molecule has 6 N–H and O–H groups in total. The van der Waals surface area contributed by atoms with Crippen molar-refractivity contribution in [1.82, 2.24) is 4.98 Å². The van der Waals surface area contributed by atoms with Crippen LogP contribution >= 0.6 is 0 Å². The molecule has 0 bridgehead atoms. The Labute approximate surface area is 126 Å². The molecule has 0 aliphatic heterocycles. The number of aliphatic hydroxyl groups is 1. The highest BCUT2D eigenvalue weighted by Gasteiger charge is 2.40. The fourth-order valence-electron chi connectivity index (χ4n) is 2.45. The van der Waals surface area contributed by atoms with Gasteiger partial charge in [-0.15, -0.1) is 0 Å². The molecule has 0 aliphatic rings. The Hall–Kier alpha value is -2.38. The van der Waals surface area contributed by atoms with Crippen LogP contribution < -0.4 is 5.73 Å². The van der Waals surface area contributed by atoms with Crippen LogP contribution in [0.15, 0.2) is 24.4 Å². The van der Waals surface area contributed by atoms with Crippen LogP contribution in [0.5, 0.6) is 0 Å². The Kier molecular flexibility index (Phi) is 4.20. The monoisotopic (exact) mass is 306 g/mol. The first kappa shape index (κ1) is 16.0. The molecule has 0 radical (unpaired) electrons. The lowest BCUT2D eigenvalue weighted by Crippen LogP contribution is -2.48. The van der Waals surface area contributed by atoms with Crippen LogP contribution in [-0.2, 0) is 16.0 Å². The number of rotatable bonds is 6. The van der Waals surface area contributed by atoms with Gasteiger partial charge in [-0.1, -0.05) is 12.1 Å². The minimum atomic E-state index is -2.24. The first-order valence-corrected chi connectivity index (χ1v) is 6.74. The number of carboxylic acids is 2. The number of hydrogen-bond acceptors (Lipinski definition) is 4. The maximum Gasteiger partial charge on any atom is 0.336 e. The number of nitrogens with one attached hydrogen (secondary N) is 1. The summed E-state index contributed by atoms with van der Waals surface area (Å²) in [6.45, 7) is 1.93. The van der Waals surface area contributed by atoms with Crippen molar-refractivity contribution in [1.29, 1.82) is 0 Å². The fraction of sp³-hybridized carbons (Fsp3) is 0.333. The molecule has 22 heavy (non-hydrogen) atoms. The SMILES string of the molecule is Cc1ccc2c(CC(O)(CC(N)C(=O)O)C(=O)O)c[nH]c2c1. The number of nitrogens with two attached hydrogens (primary N) is 1. The predicted molar refractivity (Wildman–Crippen MR) is 79.6 cm³/mol. The van der Waals surface area contributed by atoms with Crippen molar-refractivity contribution < 1.29 is 24.9 Å². The first-order valence-electron chi connectivity index (χ1n) is 6.74. The number of aryl methyl sites for hydroxylation is 1. The van der Waals surface area contributed by atoms with Crippen LogP contribution in [-0.4, -0.2) is 43.9 Å². The molecule has 0 saturated heterocycles. The summed E-state index contributed by atoms with van der Waals surface area (Å²) in [7, 11) is 0. The number of carboxylic acid groups (broad SMARTS) is 2. The van der Waals surface area contributed by atoms with Gasteiger partial charge < -0.3 is 26.0 Å². The summed E-state index contributed by atoms with van der Waals surface area (Å²) in [5, 5.41) is 29.2. The molecule has 118 valence electrons. The second-order valence-electron chi connectivity index (χ2n) is 5.53. The van der Waals surface area contributed by atoms with E-state index in [4.69, 9.17) is 10.8 Å². The summed E-state index contributed by atoms with van der Waals surface area (Å²) in [6.07, 6.45) is 0.812. The van der Waals surface area contributed by atoms with E-state index in [9.17, 15) is 19.8 Å². The van der Waals surface area contributed by atoms with Gasteiger partial charge in [0.25, 0.3) is 0 Å². The van der Waals surface area contributed by atoms with Gasteiger partial charge in [-0.3, -0.25) is 4.79 Å². The molecule has 2 rings (SSSR count). The molecule has 2 unspecified atom stereocenters. The number of carbonyl (C=O) groups is 2. The van der Waals surface area contributed by atoms with Crippen molar-refractivity contribution in [3.63, 3.8) is 0 Å². The van der Waals surface area contributed by atoms with Gasteiger partial charge in [0.2, 0.25) is 0 Å². The number of aromatic nitrogens is 1. The van der Waals surface area contributed by atoms with E-state index in [1.54, 1.807) is 6.20 Å². The molecule has 1 heterocycles. The summed E-state index contributed by atoms with van der Waals surface area (Å²) >= 11 is 0. The average Bonchev–Trinajstić information content (AvgIpc) is 2.80. The molecule has 0 amide bonds. The van der Waals surface area contributed by atoms with Crippen molar-refractivity contribution in [3.05, 3.63) is 35.5 Å². The molecule has 1 aromatic heterocycles. The van der Waals surface area contributed by atoms with Gasteiger partial charge in [-0.25, -0.2) is 4.79 Å². The number of H-pyrrole nitrogens is 1. The van der Waals surface area contributed by atoms with Crippen LogP contribution in [0.3, 0.4) is 0 Å². The van der Waals surface area contributed by atoms with E-state index in [-0.39, 0.29) is 6.42 Å². The van der Waals surface area contributed by atoms with Crippen molar-refractivity contribution >= 4 is 22.8 Å². The minimum Gasteiger partial charge on any atom is -0.480 e. The van der Waals surface area contributed by atoms with E-state index in [0.717, 1.165) is 16.5 Å². The minimum absolute atomic E-state index is 0.230. The van der Waals surface area contributed by atoms with Crippen LogP contribution in [0, 0.1) is 6.92 Å². The topological polar surface area (TPSA) is 137 Å². The standard InChI is InChI=1S/C15H18N2O5/c1-8-2-3-10-9(7-17-12(10)4-8)5-15(22,14(20)21)6-11(16)13(18)19/h2-4,7,11,17,22H,5-6,16H2,1H3,(H,18,19)(H,20,21). The third kappa shape index (κ3) is 3.10. The molecule has 2 atom stereocenters. The number of aliphatic carboxylic acids is 2. The van der Waals surface area contributed by atoms with Gasteiger partial charge in [0.05, 0.1) is 0 Å². The molecule has 0 fully saturated rings. The van der Waals surface area contributed by atoms with Crippen LogP contribution in [0.25, 0.3) is 10.9 Å². The number of benzene rings is 1. The summed E-state index contributed by atoms with van der Waals surface area (Å²) in [5.41, 5.74) is 5.60. The lowest BCUT2D eigenvalue weighted by atomic mass is 9.88. The summed E-state index contributed by atoms with van der Waals surface area (Å²) in [5.74, 6) is -2.85. The normalized spacial score (nSPS) is 15.4. The third-order valence-electron chi connectivity index (χ3n) is 3.68. The number of hydrogen-bond donors (Lipinski definition) is 5. The van der Waals surface area contributed by atoms with Crippen molar-refractivity contribution in [2.24, 2.45) is 5.73 Å². The highest BCUT2D eigenvalue weighted by atomic mass is 16.4. The molecule has 2 aromatic rings. The molecular formula is C15H18N2O5. The van der Waals surface area contributed by atoms with Crippen molar-refractivity contribution in [2.75, 3.05) is 0 Å². The fourth-order valence-corrected chi connectivity index (χ4v) is 2.45. The Balaban J connectivity index is 2.34. The van der Waals surface area contributed by atoms with Gasteiger partial charge in [0, 0.05) is 29.9 Å². The largest absolute Gasteiger partial charge is 0.480 e. The molecule has 7 nitrogen and oxygen atoms in total. The van der Waals surface area contributed by atoms with E-state index in [2.05, 4.69) is 4.98 Å². The predicted octanol–water partition coefficient (Wildman–Crippen LogP) is 0.637. The van der Waals surface area contributed by atoms with E-state index in [1.807, 2.05) is 25.1 Å². The average molecular weight is 306 g/mol. The Morgan fingerprint density at radius 3 is 2.64 bits per heavy atom. The van der Waals surface area contributed by atoms with Gasteiger partial charge in [0.15, 0.2) is 5.60 Å². The maximum atomic E-state index is 11.4. The quantitative estimate of drug-likeness (QED) is 0.531. The Morgan fingerprint density at radius 1 is 1.36 bits per heavy atom. The first-order chi connectivity index (χ1) is 10.2. The third-order valence-corrected chi connectivity index (χ3v) is 3.68. The highest BCUT2D eigenvalue weighted by molar-refractivity contribution is 5.86. The van der Waals surface area contributed by atoms with Gasteiger partial charge in [-0.2, -0.15) is 0 Å². The molecule has 0 aliphatic carbocycles. The molecular weight excluding hydrogens is 288 g/mol. The summed E-state index contributed by atoms with van der Waals surface area (Å²) < 4.78 is 0. The van der Waals surface area contributed by atoms with Gasteiger partial charge in [-0.05, 0) is 24.1 Å². The zero-order valence-electron chi connectivity index (χ0n) is 12.0. The molecule has 0 spiro atoms. The maximum absolute atomic E-state index is 11.4. The number of aromatic amines is 1. The van der Waals surface area contributed by atoms with Crippen LogP contribution in [0.2, 0.25) is 0 Å². The Morgan fingerprint density at radius 2 is 2.05 bits per heavy atom. The smallest absolute Gasteiger partial charge is 0.336 e. The summed E-state index contributed by atoms with van der Waals surface area (Å²) in [6, 6.07) is 4.16. The zero-order valence-corrected chi connectivity index (χ0v) is 12.0. The zero-order chi connectivity index (χ0) is 16.5. The van der Waals surface area contributed by atoms with Gasteiger partial charge >= 0.3 is 11.9 Å². The molecule has 7 heteroatoms. The summed E-state index contributed by atoms with van der Waals surface area (Å²) in [4.78, 5) is 25.2. The van der Waals surface area contributed by atoms with E-state index in [1.165, 1.54) is 0 Å². The molecule has 1 aromatic carbocycles.